The third-order valence-corrected chi connectivity index (χ3v) is 3.73. The van der Waals surface area contributed by atoms with Crippen molar-refractivity contribution in [3.8, 4) is 0 Å². The fourth-order valence-electron chi connectivity index (χ4n) is 2.65. The average Bonchev–Trinajstić information content (AvgIpc) is 2.61. The standard InChI is InChI=1S/C10H19N/c1-8(2)10(5-6-10)9-4-3-7-11-9/h8-9,11H,3-7H2,1-2H3. The second-order valence-electron chi connectivity index (χ2n) is 4.54. The molecule has 64 valence electrons. The number of rotatable bonds is 2. The van der Waals surface area contributed by atoms with Crippen LogP contribution < -0.4 is 5.32 Å². The van der Waals surface area contributed by atoms with E-state index >= 15 is 0 Å². The molecule has 1 heterocycles. The van der Waals surface area contributed by atoms with Gasteiger partial charge in [0, 0.05) is 6.04 Å². The first-order valence-electron chi connectivity index (χ1n) is 4.99. The van der Waals surface area contributed by atoms with Crippen molar-refractivity contribution in [3.63, 3.8) is 0 Å². The minimum absolute atomic E-state index is 0.719. The first-order valence-corrected chi connectivity index (χ1v) is 4.99. The van der Waals surface area contributed by atoms with Gasteiger partial charge in [0.05, 0.1) is 0 Å². The summed E-state index contributed by atoms with van der Waals surface area (Å²) in [6, 6.07) is 0.863. The molecule has 1 unspecified atom stereocenters. The molecule has 0 bridgehead atoms. The van der Waals surface area contributed by atoms with Crippen molar-refractivity contribution in [2.24, 2.45) is 11.3 Å². The van der Waals surface area contributed by atoms with Crippen molar-refractivity contribution >= 4 is 0 Å². The van der Waals surface area contributed by atoms with Crippen molar-refractivity contribution in [1.29, 1.82) is 0 Å². The molecule has 2 aliphatic rings. The topological polar surface area (TPSA) is 12.0 Å². The molecule has 1 aliphatic heterocycles. The largest absolute Gasteiger partial charge is 0.313 e. The molecule has 0 aromatic heterocycles. The van der Waals surface area contributed by atoms with Gasteiger partial charge < -0.3 is 5.32 Å². The number of hydrogen-bond acceptors (Lipinski definition) is 1. The van der Waals surface area contributed by atoms with Crippen molar-refractivity contribution in [2.45, 2.75) is 45.6 Å². The molecule has 2 fully saturated rings. The second kappa shape index (κ2) is 2.48. The van der Waals surface area contributed by atoms with Crippen molar-refractivity contribution < 1.29 is 0 Å². The summed E-state index contributed by atoms with van der Waals surface area (Å²) in [5.74, 6) is 0.887. The maximum Gasteiger partial charge on any atom is 0.0126 e. The Kier molecular flexibility index (Phi) is 1.71. The highest BCUT2D eigenvalue weighted by Gasteiger charge is 2.51. The minimum Gasteiger partial charge on any atom is -0.313 e. The van der Waals surface area contributed by atoms with Gasteiger partial charge in [-0.25, -0.2) is 0 Å². The van der Waals surface area contributed by atoms with E-state index in [0.717, 1.165) is 17.4 Å². The van der Waals surface area contributed by atoms with Crippen LogP contribution >= 0.6 is 0 Å². The van der Waals surface area contributed by atoms with Gasteiger partial charge in [0.2, 0.25) is 0 Å². The smallest absolute Gasteiger partial charge is 0.0126 e. The lowest BCUT2D eigenvalue weighted by Gasteiger charge is -2.26. The Morgan fingerprint density at radius 1 is 1.36 bits per heavy atom. The zero-order valence-electron chi connectivity index (χ0n) is 7.69. The molecule has 1 atom stereocenters. The van der Waals surface area contributed by atoms with Gasteiger partial charge in [-0.2, -0.15) is 0 Å². The highest BCUT2D eigenvalue weighted by molar-refractivity contribution is 5.05. The monoisotopic (exact) mass is 153 g/mol. The highest BCUT2D eigenvalue weighted by Crippen LogP contribution is 2.56. The predicted molar refractivity (Wildman–Crippen MR) is 47.5 cm³/mol. The SMILES string of the molecule is CC(C)C1(C2CCCN2)CC1. The van der Waals surface area contributed by atoms with Crippen LogP contribution in [0.3, 0.4) is 0 Å². The summed E-state index contributed by atoms with van der Waals surface area (Å²) in [5.41, 5.74) is 0.719. The lowest BCUT2D eigenvalue weighted by molar-refractivity contribution is 0.271. The van der Waals surface area contributed by atoms with Crippen LogP contribution in [0.1, 0.15) is 39.5 Å². The summed E-state index contributed by atoms with van der Waals surface area (Å²) in [5, 5.41) is 3.64. The molecular weight excluding hydrogens is 134 g/mol. The molecule has 1 saturated carbocycles. The van der Waals surface area contributed by atoms with E-state index in [1.165, 1.54) is 32.2 Å². The Hall–Kier alpha value is -0.0400. The van der Waals surface area contributed by atoms with Gasteiger partial charge in [0.1, 0.15) is 0 Å². The summed E-state index contributed by atoms with van der Waals surface area (Å²) < 4.78 is 0. The molecule has 2 rings (SSSR count). The van der Waals surface area contributed by atoms with Crippen LogP contribution in [0.15, 0.2) is 0 Å². The Morgan fingerprint density at radius 3 is 2.45 bits per heavy atom. The fourth-order valence-corrected chi connectivity index (χ4v) is 2.65. The maximum absolute atomic E-state index is 3.64. The molecule has 1 nitrogen and oxygen atoms in total. The maximum atomic E-state index is 3.64. The lowest BCUT2D eigenvalue weighted by Crippen LogP contribution is -2.35. The van der Waals surface area contributed by atoms with E-state index in [1.54, 1.807) is 0 Å². The van der Waals surface area contributed by atoms with Crippen LogP contribution in [0.25, 0.3) is 0 Å². The first-order chi connectivity index (χ1) is 5.26. The Balaban J connectivity index is 2.01. The van der Waals surface area contributed by atoms with E-state index in [1.807, 2.05) is 0 Å². The first kappa shape index (κ1) is 7.60. The van der Waals surface area contributed by atoms with Crippen LogP contribution in [0.4, 0.5) is 0 Å². The predicted octanol–water partition coefficient (Wildman–Crippen LogP) is 2.17. The van der Waals surface area contributed by atoms with Gasteiger partial charge in [0.15, 0.2) is 0 Å². The highest BCUT2D eigenvalue weighted by atomic mass is 15.0. The zero-order chi connectivity index (χ0) is 7.90. The van der Waals surface area contributed by atoms with Crippen molar-refractivity contribution in [3.05, 3.63) is 0 Å². The van der Waals surface area contributed by atoms with E-state index < -0.39 is 0 Å². The number of nitrogens with one attached hydrogen (secondary N) is 1. The van der Waals surface area contributed by atoms with Crippen LogP contribution in [-0.4, -0.2) is 12.6 Å². The molecule has 1 N–H and O–H groups in total. The van der Waals surface area contributed by atoms with Crippen LogP contribution in [-0.2, 0) is 0 Å². The quantitative estimate of drug-likeness (QED) is 0.641. The summed E-state index contributed by atoms with van der Waals surface area (Å²) in [7, 11) is 0. The van der Waals surface area contributed by atoms with Gasteiger partial charge in [0.25, 0.3) is 0 Å². The molecule has 1 heteroatoms. The lowest BCUT2D eigenvalue weighted by atomic mass is 9.84. The molecule has 0 aromatic rings. The van der Waals surface area contributed by atoms with Gasteiger partial charge >= 0.3 is 0 Å². The number of hydrogen-bond donors (Lipinski definition) is 1. The molecule has 11 heavy (non-hydrogen) atoms. The molecule has 1 aliphatic carbocycles. The third kappa shape index (κ3) is 1.10. The fraction of sp³-hybridized carbons (Fsp3) is 1.00. The van der Waals surface area contributed by atoms with E-state index in [0.29, 0.717) is 0 Å². The summed E-state index contributed by atoms with van der Waals surface area (Å²) in [6.45, 7) is 6.03. The van der Waals surface area contributed by atoms with E-state index in [-0.39, 0.29) is 0 Å². The van der Waals surface area contributed by atoms with Crippen LogP contribution in [0, 0.1) is 11.3 Å². The Bertz CT molecular complexity index is 141. The molecule has 0 amide bonds. The summed E-state index contributed by atoms with van der Waals surface area (Å²) in [6.07, 6.45) is 5.78. The van der Waals surface area contributed by atoms with Crippen molar-refractivity contribution in [2.75, 3.05) is 6.54 Å². The Morgan fingerprint density at radius 2 is 2.09 bits per heavy atom. The molecule has 0 aromatic carbocycles. The summed E-state index contributed by atoms with van der Waals surface area (Å²) in [4.78, 5) is 0. The normalized spacial score (nSPS) is 34.6. The van der Waals surface area contributed by atoms with E-state index in [9.17, 15) is 0 Å². The second-order valence-corrected chi connectivity index (χ2v) is 4.54. The van der Waals surface area contributed by atoms with Gasteiger partial charge in [-0.1, -0.05) is 13.8 Å². The average molecular weight is 153 g/mol. The van der Waals surface area contributed by atoms with Gasteiger partial charge in [-0.05, 0) is 43.6 Å². The summed E-state index contributed by atoms with van der Waals surface area (Å²) >= 11 is 0. The van der Waals surface area contributed by atoms with Crippen LogP contribution in [0.5, 0.6) is 0 Å². The van der Waals surface area contributed by atoms with E-state index in [4.69, 9.17) is 0 Å². The molecule has 1 saturated heterocycles. The third-order valence-electron chi connectivity index (χ3n) is 3.73. The van der Waals surface area contributed by atoms with Gasteiger partial charge in [-0.3, -0.25) is 0 Å². The zero-order valence-corrected chi connectivity index (χ0v) is 7.69. The molecular formula is C10H19N. The Labute approximate surface area is 69.6 Å². The molecule has 0 radical (unpaired) electrons. The van der Waals surface area contributed by atoms with E-state index in [2.05, 4.69) is 19.2 Å². The van der Waals surface area contributed by atoms with Crippen LogP contribution in [0.2, 0.25) is 0 Å². The van der Waals surface area contributed by atoms with Crippen molar-refractivity contribution in [1.82, 2.24) is 5.32 Å². The van der Waals surface area contributed by atoms with Gasteiger partial charge in [-0.15, -0.1) is 0 Å². The molecule has 0 spiro atoms. The minimum atomic E-state index is 0.719.